The molecule has 2 aromatic rings. The number of hydrogen-bond donors (Lipinski definition) is 4. The van der Waals surface area contributed by atoms with Gasteiger partial charge in [-0.05, 0) is 31.0 Å². The van der Waals surface area contributed by atoms with Gasteiger partial charge in [-0.3, -0.25) is 4.79 Å². The SMILES string of the molecule is CC(NC(=O)[C@@H](N)Cc1ccc(O)cc1)c1ncc[nH]1. The van der Waals surface area contributed by atoms with E-state index in [0.717, 1.165) is 5.56 Å². The Hall–Kier alpha value is -2.34. The minimum atomic E-state index is -0.642. The first-order valence-corrected chi connectivity index (χ1v) is 6.39. The molecule has 1 aromatic heterocycles. The van der Waals surface area contributed by atoms with Gasteiger partial charge in [-0.15, -0.1) is 0 Å². The van der Waals surface area contributed by atoms with Crippen molar-refractivity contribution < 1.29 is 9.90 Å². The molecule has 6 nitrogen and oxygen atoms in total. The predicted molar refractivity (Wildman–Crippen MR) is 74.9 cm³/mol. The number of aromatic amines is 1. The van der Waals surface area contributed by atoms with E-state index in [1.165, 1.54) is 0 Å². The third-order valence-corrected chi connectivity index (χ3v) is 3.02. The second-order valence-corrected chi connectivity index (χ2v) is 4.68. The van der Waals surface area contributed by atoms with Crippen LogP contribution < -0.4 is 11.1 Å². The number of hydrogen-bond acceptors (Lipinski definition) is 4. The van der Waals surface area contributed by atoms with Gasteiger partial charge in [0.15, 0.2) is 0 Å². The summed E-state index contributed by atoms with van der Waals surface area (Å²) in [5.74, 6) is 0.648. The van der Waals surface area contributed by atoms with Crippen LogP contribution in [0.2, 0.25) is 0 Å². The number of nitrogens with two attached hydrogens (primary N) is 1. The zero-order valence-electron chi connectivity index (χ0n) is 11.2. The van der Waals surface area contributed by atoms with Gasteiger partial charge in [0.2, 0.25) is 5.91 Å². The summed E-state index contributed by atoms with van der Waals surface area (Å²) in [5.41, 5.74) is 6.78. The van der Waals surface area contributed by atoms with Crippen molar-refractivity contribution in [2.45, 2.75) is 25.4 Å². The van der Waals surface area contributed by atoms with Crippen LogP contribution in [0.4, 0.5) is 0 Å². The van der Waals surface area contributed by atoms with Gasteiger partial charge in [-0.25, -0.2) is 4.98 Å². The highest BCUT2D eigenvalue weighted by atomic mass is 16.3. The van der Waals surface area contributed by atoms with Gasteiger partial charge >= 0.3 is 0 Å². The number of benzene rings is 1. The molecular formula is C14H18N4O2. The Bertz CT molecular complexity index is 551. The summed E-state index contributed by atoms with van der Waals surface area (Å²) < 4.78 is 0. The summed E-state index contributed by atoms with van der Waals surface area (Å²) in [6.07, 6.45) is 3.75. The lowest BCUT2D eigenvalue weighted by atomic mass is 10.1. The van der Waals surface area contributed by atoms with Gasteiger partial charge in [-0.1, -0.05) is 12.1 Å². The lowest BCUT2D eigenvalue weighted by Gasteiger charge is -2.16. The molecule has 0 radical (unpaired) electrons. The first kappa shape index (κ1) is 14.1. The fraction of sp³-hybridized carbons (Fsp3) is 0.286. The van der Waals surface area contributed by atoms with Gasteiger partial charge in [0.1, 0.15) is 11.6 Å². The third kappa shape index (κ3) is 3.58. The number of aromatic hydroxyl groups is 1. The van der Waals surface area contributed by atoms with Crippen molar-refractivity contribution in [3.8, 4) is 5.75 Å². The molecule has 5 N–H and O–H groups in total. The summed E-state index contributed by atoms with van der Waals surface area (Å²) in [6, 6.07) is 5.79. The Balaban J connectivity index is 1.90. The van der Waals surface area contributed by atoms with Crippen LogP contribution in [0.3, 0.4) is 0 Å². The second-order valence-electron chi connectivity index (χ2n) is 4.68. The maximum absolute atomic E-state index is 12.0. The average molecular weight is 274 g/mol. The standard InChI is InChI=1S/C14H18N4O2/c1-9(13-16-6-7-17-13)18-14(20)12(15)8-10-2-4-11(19)5-3-10/h2-7,9,12,19H,8,15H2,1H3,(H,16,17)(H,18,20)/t9?,12-/m0/s1. The van der Waals surface area contributed by atoms with Crippen LogP contribution in [0.25, 0.3) is 0 Å². The summed E-state index contributed by atoms with van der Waals surface area (Å²) in [7, 11) is 0. The van der Waals surface area contributed by atoms with Crippen molar-refractivity contribution in [1.82, 2.24) is 15.3 Å². The lowest BCUT2D eigenvalue weighted by molar-refractivity contribution is -0.123. The maximum atomic E-state index is 12.0. The Morgan fingerprint density at radius 2 is 2.15 bits per heavy atom. The third-order valence-electron chi connectivity index (χ3n) is 3.02. The van der Waals surface area contributed by atoms with Crippen molar-refractivity contribution >= 4 is 5.91 Å². The van der Waals surface area contributed by atoms with Gasteiger partial charge < -0.3 is 21.1 Å². The molecule has 0 aliphatic rings. The highest BCUT2D eigenvalue weighted by Gasteiger charge is 2.18. The van der Waals surface area contributed by atoms with E-state index < -0.39 is 6.04 Å². The molecule has 0 saturated carbocycles. The first-order valence-electron chi connectivity index (χ1n) is 6.39. The van der Waals surface area contributed by atoms with E-state index in [9.17, 15) is 9.90 Å². The van der Waals surface area contributed by atoms with E-state index >= 15 is 0 Å². The van der Waals surface area contributed by atoms with Gasteiger partial charge in [0.05, 0.1) is 12.1 Å². The molecule has 20 heavy (non-hydrogen) atoms. The van der Waals surface area contributed by atoms with E-state index in [2.05, 4.69) is 15.3 Å². The van der Waals surface area contributed by atoms with Crippen LogP contribution in [0.1, 0.15) is 24.4 Å². The van der Waals surface area contributed by atoms with Gasteiger partial charge in [-0.2, -0.15) is 0 Å². The second kappa shape index (κ2) is 6.21. The monoisotopic (exact) mass is 274 g/mol. The van der Waals surface area contributed by atoms with Gasteiger partial charge in [0, 0.05) is 12.4 Å². The van der Waals surface area contributed by atoms with Crippen molar-refractivity contribution in [2.24, 2.45) is 5.73 Å². The van der Waals surface area contributed by atoms with Crippen LogP contribution in [0, 0.1) is 0 Å². The molecular weight excluding hydrogens is 256 g/mol. The largest absolute Gasteiger partial charge is 0.508 e. The molecule has 1 heterocycles. The van der Waals surface area contributed by atoms with Crippen LogP contribution >= 0.6 is 0 Å². The number of amides is 1. The Kier molecular flexibility index (Phi) is 4.37. The number of carbonyl (C=O) groups is 1. The van der Waals surface area contributed by atoms with Crippen molar-refractivity contribution in [1.29, 1.82) is 0 Å². The quantitative estimate of drug-likeness (QED) is 0.649. The van der Waals surface area contributed by atoms with E-state index in [0.29, 0.717) is 12.2 Å². The number of phenolic OH excluding ortho intramolecular Hbond substituents is 1. The Morgan fingerprint density at radius 3 is 2.75 bits per heavy atom. The molecule has 1 amide bonds. The van der Waals surface area contributed by atoms with E-state index in [1.807, 2.05) is 6.92 Å². The summed E-state index contributed by atoms with van der Waals surface area (Å²) in [5, 5.41) is 12.0. The molecule has 6 heteroatoms. The molecule has 1 aromatic carbocycles. The summed E-state index contributed by atoms with van der Waals surface area (Å²) >= 11 is 0. The molecule has 0 spiro atoms. The zero-order valence-corrected chi connectivity index (χ0v) is 11.2. The molecule has 2 atom stereocenters. The van der Waals surface area contributed by atoms with Crippen LogP contribution in [-0.4, -0.2) is 27.0 Å². The summed E-state index contributed by atoms with van der Waals surface area (Å²) in [4.78, 5) is 19.0. The Morgan fingerprint density at radius 1 is 1.45 bits per heavy atom. The fourth-order valence-electron chi connectivity index (χ4n) is 1.88. The Labute approximate surface area is 117 Å². The molecule has 2 rings (SSSR count). The fourth-order valence-corrected chi connectivity index (χ4v) is 1.88. The highest BCUT2D eigenvalue weighted by Crippen LogP contribution is 2.11. The zero-order chi connectivity index (χ0) is 14.5. The molecule has 0 aliphatic carbocycles. The van der Waals surface area contributed by atoms with Crippen molar-refractivity contribution in [2.75, 3.05) is 0 Å². The van der Waals surface area contributed by atoms with E-state index in [-0.39, 0.29) is 17.7 Å². The van der Waals surface area contributed by atoms with E-state index in [1.54, 1.807) is 36.7 Å². The normalized spacial score (nSPS) is 13.7. The molecule has 106 valence electrons. The molecule has 0 aliphatic heterocycles. The lowest BCUT2D eigenvalue weighted by Crippen LogP contribution is -2.43. The predicted octanol–water partition coefficient (Wildman–Crippen LogP) is 0.862. The minimum Gasteiger partial charge on any atom is -0.508 e. The smallest absolute Gasteiger partial charge is 0.237 e. The first-order chi connectivity index (χ1) is 9.56. The molecule has 0 bridgehead atoms. The number of nitrogens with zero attached hydrogens (tertiary/aromatic N) is 1. The van der Waals surface area contributed by atoms with Crippen molar-refractivity contribution in [3.63, 3.8) is 0 Å². The number of rotatable bonds is 5. The molecule has 0 saturated heterocycles. The number of phenols is 1. The van der Waals surface area contributed by atoms with E-state index in [4.69, 9.17) is 5.73 Å². The number of H-pyrrole nitrogens is 1. The summed E-state index contributed by atoms with van der Waals surface area (Å²) in [6.45, 7) is 1.84. The molecule has 1 unspecified atom stereocenters. The maximum Gasteiger partial charge on any atom is 0.237 e. The topological polar surface area (TPSA) is 104 Å². The van der Waals surface area contributed by atoms with Crippen molar-refractivity contribution in [3.05, 3.63) is 48.0 Å². The number of imidazole rings is 1. The molecule has 0 fully saturated rings. The average Bonchev–Trinajstić information content (AvgIpc) is 2.95. The highest BCUT2D eigenvalue weighted by molar-refractivity contribution is 5.82. The van der Waals surface area contributed by atoms with Gasteiger partial charge in [0.25, 0.3) is 0 Å². The van der Waals surface area contributed by atoms with Crippen LogP contribution in [0.5, 0.6) is 5.75 Å². The van der Waals surface area contributed by atoms with Crippen LogP contribution in [-0.2, 0) is 11.2 Å². The number of carbonyl (C=O) groups excluding carboxylic acids is 1. The number of nitrogens with one attached hydrogen (secondary N) is 2. The number of aromatic nitrogens is 2. The van der Waals surface area contributed by atoms with Crippen LogP contribution in [0.15, 0.2) is 36.7 Å². The minimum absolute atomic E-state index is 0.193.